The molecule has 1 saturated carbocycles. The van der Waals surface area contributed by atoms with Crippen molar-refractivity contribution in [1.82, 2.24) is 4.90 Å². The lowest BCUT2D eigenvalue weighted by molar-refractivity contribution is -0.149. The van der Waals surface area contributed by atoms with Gasteiger partial charge in [-0.25, -0.2) is 0 Å². The number of carboxylic acid groups (broad SMARTS) is 1. The van der Waals surface area contributed by atoms with E-state index in [0.29, 0.717) is 31.4 Å². The van der Waals surface area contributed by atoms with Crippen molar-refractivity contribution < 1.29 is 19.4 Å². The number of nitrogens with zero attached hydrogens (tertiary/aromatic N) is 1. The molecule has 1 aliphatic heterocycles. The smallest absolute Gasteiger partial charge is 0.307 e. The van der Waals surface area contributed by atoms with E-state index in [1.54, 1.807) is 11.9 Å². The molecule has 0 radical (unpaired) electrons. The molecule has 2 aliphatic rings. The van der Waals surface area contributed by atoms with Crippen LogP contribution in [-0.4, -0.2) is 48.7 Å². The Labute approximate surface area is 126 Å². The minimum Gasteiger partial charge on any atom is -0.481 e. The lowest BCUT2D eigenvalue weighted by Gasteiger charge is -2.29. The molecule has 0 aromatic heterocycles. The minimum absolute atomic E-state index is 0.00363. The van der Waals surface area contributed by atoms with Gasteiger partial charge in [-0.05, 0) is 37.5 Å². The van der Waals surface area contributed by atoms with Crippen LogP contribution in [0.25, 0.3) is 0 Å². The van der Waals surface area contributed by atoms with Gasteiger partial charge in [-0.1, -0.05) is 13.3 Å². The third-order valence-corrected chi connectivity index (χ3v) is 5.03. The standard InChI is InChI=1S/C16H27NO4/c1-3-11-7-13(14(8-11)16(19)20)15(18)17(2)9-12-5-4-6-21-10-12/h11-14H,3-10H2,1-2H3,(H,19,20)/t11?,12?,13-,14+/m0/s1. The first-order valence-electron chi connectivity index (χ1n) is 8.08. The third-order valence-electron chi connectivity index (χ3n) is 5.03. The third kappa shape index (κ3) is 3.96. The highest BCUT2D eigenvalue weighted by Crippen LogP contribution is 2.39. The Morgan fingerprint density at radius 2 is 1.95 bits per heavy atom. The number of hydrogen-bond acceptors (Lipinski definition) is 3. The average molecular weight is 297 g/mol. The lowest BCUT2D eigenvalue weighted by atomic mass is 9.94. The van der Waals surface area contributed by atoms with E-state index in [9.17, 15) is 14.7 Å². The second-order valence-corrected chi connectivity index (χ2v) is 6.60. The highest BCUT2D eigenvalue weighted by molar-refractivity contribution is 5.85. The van der Waals surface area contributed by atoms with Crippen molar-refractivity contribution in [1.29, 1.82) is 0 Å². The molecular formula is C16H27NO4. The molecule has 5 nitrogen and oxygen atoms in total. The van der Waals surface area contributed by atoms with E-state index in [0.717, 1.165) is 32.3 Å². The normalized spacial score (nSPS) is 32.9. The fourth-order valence-corrected chi connectivity index (χ4v) is 3.73. The van der Waals surface area contributed by atoms with Gasteiger partial charge in [0.15, 0.2) is 0 Å². The van der Waals surface area contributed by atoms with Crippen LogP contribution in [0.3, 0.4) is 0 Å². The lowest BCUT2D eigenvalue weighted by Crippen LogP contribution is -2.40. The van der Waals surface area contributed by atoms with E-state index in [-0.39, 0.29) is 11.8 Å². The Balaban J connectivity index is 1.94. The van der Waals surface area contributed by atoms with Crippen molar-refractivity contribution in [3.8, 4) is 0 Å². The van der Waals surface area contributed by atoms with E-state index in [4.69, 9.17) is 4.74 Å². The Morgan fingerprint density at radius 1 is 1.24 bits per heavy atom. The van der Waals surface area contributed by atoms with Crippen LogP contribution in [-0.2, 0) is 14.3 Å². The van der Waals surface area contributed by atoms with Gasteiger partial charge < -0.3 is 14.7 Å². The number of carbonyl (C=O) groups excluding carboxylic acids is 1. The first-order valence-corrected chi connectivity index (χ1v) is 8.08. The molecule has 2 unspecified atom stereocenters. The van der Waals surface area contributed by atoms with Crippen molar-refractivity contribution >= 4 is 11.9 Å². The maximum absolute atomic E-state index is 12.6. The van der Waals surface area contributed by atoms with Gasteiger partial charge in [0, 0.05) is 20.2 Å². The van der Waals surface area contributed by atoms with Crippen LogP contribution in [0.5, 0.6) is 0 Å². The van der Waals surface area contributed by atoms with Crippen molar-refractivity contribution in [3.63, 3.8) is 0 Å². The summed E-state index contributed by atoms with van der Waals surface area (Å²) in [5.74, 6) is -0.914. The second kappa shape index (κ2) is 7.25. The van der Waals surface area contributed by atoms with Gasteiger partial charge in [0.1, 0.15) is 0 Å². The van der Waals surface area contributed by atoms with Crippen molar-refractivity contribution in [2.75, 3.05) is 26.8 Å². The van der Waals surface area contributed by atoms with Crippen LogP contribution in [0, 0.1) is 23.7 Å². The maximum atomic E-state index is 12.6. The molecule has 1 heterocycles. The molecule has 0 spiro atoms. The van der Waals surface area contributed by atoms with Gasteiger partial charge in [-0.2, -0.15) is 0 Å². The monoisotopic (exact) mass is 297 g/mol. The summed E-state index contributed by atoms with van der Waals surface area (Å²) in [4.78, 5) is 25.8. The largest absolute Gasteiger partial charge is 0.481 e. The van der Waals surface area contributed by atoms with Crippen molar-refractivity contribution in [3.05, 3.63) is 0 Å². The van der Waals surface area contributed by atoms with Crippen LogP contribution in [0.1, 0.15) is 39.0 Å². The Kier molecular flexibility index (Phi) is 5.62. The summed E-state index contributed by atoms with van der Waals surface area (Å²) in [7, 11) is 1.80. The SMILES string of the molecule is CCC1C[C@H](C(=O)N(C)CC2CCCOC2)[C@H](C(=O)O)C1. The quantitative estimate of drug-likeness (QED) is 0.843. The maximum Gasteiger partial charge on any atom is 0.307 e. The molecule has 5 heteroatoms. The van der Waals surface area contributed by atoms with E-state index >= 15 is 0 Å². The Bertz CT molecular complexity index is 378. The zero-order valence-corrected chi connectivity index (χ0v) is 13.1. The molecule has 2 fully saturated rings. The molecule has 4 atom stereocenters. The van der Waals surface area contributed by atoms with Gasteiger partial charge in [-0.3, -0.25) is 9.59 Å². The number of carbonyl (C=O) groups is 2. The topological polar surface area (TPSA) is 66.8 Å². The highest BCUT2D eigenvalue weighted by atomic mass is 16.5. The highest BCUT2D eigenvalue weighted by Gasteiger charge is 2.43. The average Bonchev–Trinajstić information content (AvgIpc) is 2.92. The summed E-state index contributed by atoms with van der Waals surface area (Å²) in [6.07, 6.45) is 4.45. The first kappa shape index (κ1) is 16.3. The molecule has 1 aliphatic carbocycles. The summed E-state index contributed by atoms with van der Waals surface area (Å²) in [6.45, 7) is 4.27. The van der Waals surface area contributed by atoms with Crippen molar-refractivity contribution in [2.24, 2.45) is 23.7 Å². The van der Waals surface area contributed by atoms with Gasteiger partial charge in [0.25, 0.3) is 0 Å². The van der Waals surface area contributed by atoms with Crippen LogP contribution in [0.2, 0.25) is 0 Å². The molecule has 2 rings (SSSR count). The molecule has 1 saturated heterocycles. The predicted molar refractivity (Wildman–Crippen MR) is 78.8 cm³/mol. The van der Waals surface area contributed by atoms with Gasteiger partial charge >= 0.3 is 5.97 Å². The molecule has 1 amide bonds. The number of rotatable bonds is 5. The molecule has 120 valence electrons. The number of ether oxygens (including phenoxy) is 1. The van der Waals surface area contributed by atoms with Crippen LogP contribution < -0.4 is 0 Å². The number of hydrogen-bond donors (Lipinski definition) is 1. The van der Waals surface area contributed by atoms with E-state index in [1.165, 1.54) is 0 Å². The van der Waals surface area contributed by atoms with Crippen molar-refractivity contribution in [2.45, 2.75) is 39.0 Å². The van der Waals surface area contributed by atoms with Gasteiger partial charge in [-0.15, -0.1) is 0 Å². The molecule has 0 aromatic carbocycles. The zero-order chi connectivity index (χ0) is 15.4. The number of carboxylic acids is 1. The van der Waals surface area contributed by atoms with Gasteiger partial charge in [0.05, 0.1) is 18.4 Å². The second-order valence-electron chi connectivity index (χ2n) is 6.60. The summed E-state index contributed by atoms with van der Waals surface area (Å²) in [5, 5.41) is 9.36. The van der Waals surface area contributed by atoms with E-state index < -0.39 is 11.9 Å². The predicted octanol–water partition coefficient (Wildman–Crippen LogP) is 2.01. The summed E-state index contributed by atoms with van der Waals surface area (Å²) >= 11 is 0. The zero-order valence-electron chi connectivity index (χ0n) is 13.1. The molecule has 1 N–H and O–H groups in total. The summed E-state index contributed by atoms with van der Waals surface area (Å²) in [5.41, 5.74) is 0. The van der Waals surface area contributed by atoms with Crippen LogP contribution in [0.4, 0.5) is 0 Å². The molecule has 21 heavy (non-hydrogen) atoms. The molecular weight excluding hydrogens is 270 g/mol. The fraction of sp³-hybridized carbons (Fsp3) is 0.875. The van der Waals surface area contributed by atoms with Gasteiger partial charge in [0.2, 0.25) is 5.91 Å². The van der Waals surface area contributed by atoms with Crippen LogP contribution in [0.15, 0.2) is 0 Å². The minimum atomic E-state index is -0.821. The Morgan fingerprint density at radius 3 is 2.52 bits per heavy atom. The first-order chi connectivity index (χ1) is 10.0. The van der Waals surface area contributed by atoms with E-state index in [2.05, 4.69) is 6.92 Å². The fourth-order valence-electron chi connectivity index (χ4n) is 3.73. The molecule has 0 bridgehead atoms. The summed E-state index contributed by atoms with van der Waals surface area (Å²) in [6, 6.07) is 0. The summed E-state index contributed by atoms with van der Waals surface area (Å²) < 4.78 is 5.45. The number of aliphatic carboxylic acids is 1. The number of amides is 1. The molecule has 0 aromatic rings. The Hall–Kier alpha value is -1.10. The van der Waals surface area contributed by atoms with Crippen LogP contribution >= 0.6 is 0 Å². The van der Waals surface area contributed by atoms with E-state index in [1.807, 2.05) is 0 Å².